The molecule has 12 heavy (non-hydrogen) atoms. The van der Waals surface area contributed by atoms with Gasteiger partial charge < -0.3 is 4.90 Å². The van der Waals surface area contributed by atoms with Crippen molar-refractivity contribution in [1.82, 2.24) is 4.90 Å². The van der Waals surface area contributed by atoms with Crippen LogP contribution >= 0.6 is 0 Å². The fourth-order valence-corrected chi connectivity index (χ4v) is 2.64. The van der Waals surface area contributed by atoms with E-state index in [9.17, 15) is 0 Å². The van der Waals surface area contributed by atoms with Crippen LogP contribution in [0, 0.1) is 5.41 Å². The van der Waals surface area contributed by atoms with Crippen molar-refractivity contribution in [1.29, 1.82) is 0 Å². The number of piperidine rings is 1. The average molecular weight is 167 g/mol. The van der Waals surface area contributed by atoms with Gasteiger partial charge in [-0.1, -0.05) is 13.3 Å². The van der Waals surface area contributed by atoms with Crippen LogP contribution in [-0.2, 0) is 0 Å². The summed E-state index contributed by atoms with van der Waals surface area (Å²) in [7, 11) is 2.30. The summed E-state index contributed by atoms with van der Waals surface area (Å²) in [5.74, 6) is 0. The van der Waals surface area contributed by atoms with Gasteiger partial charge in [-0.05, 0) is 51.1 Å². The van der Waals surface area contributed by atoms with E-state index in [0.717, 1.165) is 11.5 Å². The second-order valence-electron chi connectivity index (χ2n) is 4.88. The largest absolute Gasteiger partial charge is 0.303 e. The number of rotatable bonds is 2. The number of hydrogen-bond acceptors (Lipinski definition) is 1. The predicted molar refractivity (Wildman–Crippen MR) is 52.2 cm³/mol. The van der Waals surface area contributed by atoms with Crippen molar-refractivity contribution < 1.29 is 0 Å². The van der Waals surface area contributed by atoms with E-state index in [-0.39, 0.29) is 0 Å². The zero-order chi connectivity index (χ0) is 8.60. The predicted octanol–water partition coefficient (Wildman–Crippen LogP) is 2.66. The molecule has 1 aliphatic carbocycles. The van der Waals surface area contributed by atoms with Crippen molar-refractivity contribution in [3.8, 4) is 0 Å². The Morgan fingerprint density at radius 2 is 2.08 bits per heavy atom. The third-order valence-electron chi connectivity index (χ3n) is 3.87. The minimum atomic E-state index is 0.840. The van der Waals surface area contributed by atoms with Crippen LogP contribution in [-0.4, -0.2) is 24.5 Å². The summed E-state index contributed by atoms with van der Waals surface area (Å²) in [6.07, 6.45) is 8.80. The maximum atomic E-state index is 2.58. The van der Waals surface area contributed by atoms with E-state index in [1.54, 1.807) is 0 Å². The molecule has 70 valence electrons. The SMILES string of the molecule is CCCC1CC2(CCN1C)CC2. The minimum absolute atomic E-state index is 0.840. The van der Waals surface area contributed by atoms with Gasteiger partial charge in [-0.3, -0.25) is 0 Å². The Balaban J connectivity index is 1.91. The lowest BCUT2D eigenvalue weighted by molar-refractivity contribution is 0.122. The lowest BCUT2D eigenvalue weighted by Crippen LogP contribution is -2.40. The van der Waals surface area contributed by atoms with Crippen LogP contribution in [0.1, 0.15) is 45.4 Å². The highest BCUT2D eigenvalue weighted by atomic mass is 15.1. The molecule has 1 saturated heterocycles. The first-order valence-electron chi connectivity index (χ1n) is 5.46. The summed E-state index contributed by atoms with van der Waals surface area (Å²) in [6.45, 7) is 3.66. The van der Waals surface area contributed by atoms with Gasteiger partial charge in [0.1, 0.15) is 0 Å². The summed E-state index contributed by atoms with van der Waals surface area (Å²) in [6, 6.07) is 0.909. The molecule has 1 saturated carbocycles. The van der Waals surface area contributed by atoms with Crippen LogP contribution < -0.4 is 0 Å². The number of nitrogens with zero attached hydrogens (tertiary/aromatic N) is 1. The smallest absolute Gasteiger partial charge is 0.00974 e. The van der Waals surface area contributed by atoms with Gasteiger partial charge in [-0.15, -0.1) is 0 Å². The van der Waals surface area contributed by atoms with Gasteiger partial charge in [0.05, 0.1) is 0 Å². The molecule has 0 amide bonds. The molecule has 2 aliphatic rings. The Morgan fingerprint density at radius 3 is 2.67 bits per heavy atom. The van der Waals surface area contributed by atoms with Crippen LogP contribution in [0.2, 0.25) is 0 Å². The summed E-state index contributed by atoms with van der Waals surface area (Å²) in [4.78, 5) is 2.58. The van der Waals surface area contributed by atoms with E-state index >= 15 is 0 Å². The van der Waals surface area contributed by atoms with E-state index < -0.39 is 0 Å². The van der Waals surface area contributed by atoms with Gasteiger partial charge in [0.25, 0.3) is 0 Å². The van der Waals surface area contributed by atoms with E-state index in [1.807, 2.05) is 0 Å². The van der Waals surface area contributed by atoms with Gasteiger partial charge in [0, 0.05) is 6.04 Å². The number of likely N-dealkylation sites (tertiary alicyclic amines) is 1. The molecule has 1 nitrogen and oxygen atoms in total. The summed E-state index contributed by atoms with van der Waals surface area (Å²) in [5.41, 5.74) is 0.840. The molecule has 0 aromatic rings. The molecule has 1 heterocycles. The van der Waals surface area contributed by atoms with Gasteiger partial charge in [0.2, 0.25) is 0 Å². The third kappa shape index (κ3) is 1.52. The molecule has 0 N–H and O–H groups in total. The molecule has 0 aromatic carbocycles. The minimum Gasteiger partial charge on any atom is -0.303 e. The van der Waals surface area contributed by atoms with Crippen molar-refractivity contribution in [2.24, 2.45) is 5.41 Å². The van der Waals surface area contributed by atoms with Crippen LogP contribution in [0.15, 0.2) is 0 Å². The van der Waals surface area contributed by atoms with Gasteiger partial charge in [-0.2, -0.15) is 0 Å². The molecular formula is C11H21N. The van der Waals surface area contributed by atoms with Crippen molar-refractivity contribution in [3.63, 3.8) is 0 Å². The molecule has 0 bridgehead atoms. The first kappa shape index (κ1) is 8.55. The standard InChI is InChI=1S/C11H21N/c1-3-4-10-9-11(5-6-11)7-8-12(10)2/h10H,3-9H2,1-2H3. The molecule has 1 atom stereocenters. The van der Waals surface area contributed by atoms with E-state index in [4.69, 9.17) is 0 Å². The first-order chi connectivity index (χ1) is 5.76. The topological polar surface area (TPSA) is 3.24 Å². The van der Waals surface area contributed by atoms with E-state index in [2.05, 4.69) is 18.9 Å². The monoisotopic (exact) mass is 167 g/mol. The Hall–Kier alpha value is -0.0400. The molecule has 1 heteroatoms. The molecule has 1 unspecified atom stereocenters. The maximum Gasteiger partial charge on any atom is 0.00974 e. The summed E-state index contributed by atoms with van der Waals surface area (Å²) in [5, 5.41) is 0. The van der Waals surface area contributed by atoms with Crippen molar-refractivity contribution in [2.75, 3.05) is 13.6 Å². The summed E-state index contributed by atoms with van der Waals surface area (Å²) < 4.78 is 0. The zero-order valence-corrected chi connectivity index (χ0v) is 8.47. The fourth-order valence-electron chi connectivity index (χ4n) is 2.64. The van der Waals surface area contributed by atoms with E-state index in [1.165, 1.54) is 45.1 Å². The quantitative estimate of drug-likeness (QED) is 0.611. The van der Waals surface area contributed by atoms with Crippen LogP contribution in [0.4, 0.5) is 0 Å². The Bertz CT molecular complexity index is 160. The first-order valence-corrected chi connectivity index (χ1v) is 5.46. The Kier molecular flexibility index (Phi) is 2.16. The normalized spacial score (nSPS) is 34.0. The molecule has 0 aromatic heterocycles. The molecule has 0 radical (unpaired) electrons. The van der Waals surface area contributed by atoms with Crippen molar-refractivity contribution >= 4 is 0 Å². The number of hydrogen-bond donors (Lipinski definition) is 0. The second kappa shape index (κ2) is 3.02. The lowest BCUT2D eigenvalue weighted by Gasteiger charge is -2.37. The average Bonchev–Trinajstić information content (AvgIpc) is 2.79. The van der Waals surface area contributed by atoms with Crippen molar-refractivity contribution in [2.45, 2.75) is 51.5 Å². The van der Waals surface area contributed by atoms with Gasteiger partial charge in [0.15, 0.2) is 0 Å². The lowest BCUT2D eigenvalue weighted by atomic mass is 9.86. The van der Waals surface area contributed by atoms with Crippen LogP contribution in [0.3, 0.4) is 0 Å². The second-order valence-corrected chi connectivity index (χ2v) is 4.88. The molecular weight excluding hydrogens is 146 g/mol. The van der Waals surface area contributed by atoms with Crippen LogP contribution in [0.25, 0.3) is 0 Å². The molecule has 1 spiro atoms. The third-order valence-corrected chi connectivity index (χ3v) is 3.87. The van der Waals surface area contributed by atoms with Gasteiger partial charge >= 0.3 is 0 Å². The Morgan fingerprint density at radius 1 is 1.33 bits per heavy atom. The Labute approximate surface area is 76.1 Å². The highest BCUT2D eigenvalue weighted by molar-refractivity contribution is 4.99. The molecule has 1 aliphatic heterocycles. The van der Waals surface area contributed by atoms with Gasteiger partial charge in [-0.25, -0.2) is 0 Å². The molecule has 2 rings (SSSR count). The highest BCUT2D eigenvalue weighted by Crippen LogP contribution is 2.55. The van der Waals surface area contributed by atoms with Crippen molar-refractivity contribution in [3.05, 3.63) is 0 Å². The van der Waals surface area contributed by atoms with E-state index in [0.29, 0.717) is 0 Å². The summed E-state index contributed by atoms with van der Waals surface area (Å²) >= 11 is 0. The highest BCUT2D eigenvalue weighted by Gasteiger charge is 2.46. The fraction of sp³-hybridized carbons (Fsp3) is 1.00. The zero-order valence-electron chi connectivity index (χ0n) is 8.47. The molecule has 2 fully saturated rings. The maximum absolute atomic E-state index is 2.58. The van der Waals surface area contributed by atoms with Crippen LogP contribution in [0.5, 0.6) is 0 Å².